The maximum Gasteiger partial charge on any atom is 0.328 e. The molecule has 0 aromatic carbocycles. The first-order valence-corrected chi connectivity index (χ1v) is 4.37. The third-order valence-electron chi connectivity index (χ3n) is 1.44. The van der Waals surface area contributed by atoms with Gasteiger partial charge in [-0.25, -0.2) is 4.79 Å². The molecule has 0 spiro atoms. The zero-order valence-corrected chi connectivity index (χ0v) is 8.45. The topological polar surface area (TPSA) is 105 Å². The van der Waals surface area contributed by atoms with Gasteiger partial charge in [0.25, 0.3) is 5.56 Å². The molecule has 0 aliphatic rings. The van der Waals surface area contributed by atoms with E-state index in [1.54, 1.807) is 0 Å². The summed E-state index contributed by atoms with van der Waals surface area (Å²) < 4.78 is 1.27. The molecule has 1 aromatic heterocycles. The number of aromatic amines is 1. The van der Waals surface area contributed by atoms with Gasteiger partial charge in [0, 0.05) is 18.5 Å². The summed E-state index contributed by atoms with van der Waals surface area (Å²) in [5.41, 5.74) is 6.52. The smallest absolute Gasteiger partial charge is 0.328 e. The van der Waals surface area contributed by atoms with Gasteiger partial charge in [-0.2, -0.15) is 5.10 Å². The molecule has 0 fully saturated rings. The van der Waals surface area contributed by atoms with Crippen LogP contribution in [0, 0.1) is 0 Å². The molecular formula is C7H9N5O2S. The Balaban J connectivity index is 2.66. The van der Waals surface area contributed by atoms with Gasteiger partial charge in [-0.3, -0.25) is 19.8 Å². The Bertz CT molecular complexity index is 489. The largest absolute Gasteiger partial charge is 0.375 e. The number of hydrogen-bond donors (Lipinski definition) is 3. The first-order chi connectivity index (χ1) is 7.09. The summed E-state index contributed by atoms with van der Waals surface area (Å²) in [6.45, 7) is 0.214. The molecule has 1 heterocycles. The summed E-state index contributed by atoms with van der Waals surface area (Å²) in [5.74, 6) is 0. The van der Waals surface area contributed by atoms with E-state index in [0.717, 1.165) is 0 Å². The van der Waals surface area contributed by atoms with Crippen LogP contribution in [0.1, 0.15) is 0 Å². The van der Waals surface area contributed by atoms with Crippen molar-refractivity contribution in [2.24, 2.45) is 10.8 Å². The summed E-state index contributed by atoms with van der Waals surface area (Å²) in [4.78, 5) is 24.0. The lowest BCUT2D eigenvalue weighted by atomic mass is 10.6. The molecule has 1 aromatic rings. The summed E-state index contributed by atoms with van der Waals surface area (Å²) in [5, 5.41) is 3.68. The molecule has 8 heteroatoms. The van der Waals surface area contributed by atoms with E-state index in [-0.39, 0.29) is 11.7 Å². The van der Waals surface area contributed by atoms with Crippen molar-refractivity contribution < 1.29 is 0 Å². The van der Waals surface area contributed by atoms with Gasteiger partial charge in [0.1, 0.15) is 0 Å². The molecule has 0 unspecified atom stereocenters. The van der Waals surface area contributed by atoms with E-state index in [0.29, 0.717) is 0 Å². The van der Waals surface area contributed by atoms with Crippen molar-refractivity contribution in [3.05, 3.63) is 33.1 Å². The molecule has 4 N–H and O–H groups in total. The van der Waals surface area contributed by atoms with E-state index >= 15 is 0 Å². The third kappa shape index (κ3) is 3.73. The molecule has 0 aliphatic carbocycles. The Morgan fingerprint density at radius 2 is 2.47 bits per heavy atom. The van der Waals surface area contributed by atoms with Crippen LogP contribution >= 0.6 is 12.2 Å². The molecule has 0 saturated carbocycles. The molecule has 0 aliphatic heterocycles. The molecule has 80 valence electrons. The quantitative estimate of drug-likeness (QED) is 0.326. The Labute approximate surface area is 89.6 Å². The van der Waals surface area contributed by atoms with E-state index in [2.05, 4.69) is 27.7 Å². The molecule has 0 atom stereocenters. The van der Waals surface area contributed by atoms with E-state index in [1.165, 1.54) is 23.0 Å². The van der Waals surface area contributed by atoms with Crippen molar-refractivity contribution >= 4 is 23.5 Å². The molecule has 7 nitrogen and oxygen atoms in total. The zero-order valence-electron chi connectivity index (χ0n) is 7.64. The van der Waals surface area contributed by atoms with Crippen LogP contribution in [0.3, 0.4) is 0 Å². The second kappa shape index (κ2) is 5.05. The highest BCUT2D eigenvalue weighted by molar-refractivity contribution is 7.80. The van der Waals surface area contributed by atoms with Gasteiger partial charge in [-0.1, -0.05) is 0 Å². The fourth-order valence-corrected chi connectivity index (χ4v) is 0.879. The highest BCUT2D eigenvalue weighted by Gasteiger charge is 1.92. The van der Waals surface area contributed by atoms with Gasteiger partial charge < -0.3 is 5.73 Å². The number of hydrazone groups is 1. The van der Waals surface area contributed by atoms with Gasteiger partial charge in [-0.15, -0.1) is 0 Å². The number of nitrogens with two attached hydrogens (primary N) is 1. The molecule has 0 amide bonds. The van der Waals surface area contributed by atoms with Gasteiger partial charge >= 0.3 is 5.69 Å². The first kappa shape index (κ1) is 11.1. The number of aromatic nitrogens is 2. The van der Waals surface area contributed by atoms with E-state index < -0.39 is 11.2 Å². The molecular weight excluding hydrogens is 218 g/mol. The van der Waals surface area contributed by atoms with E-state index in [4.69, 9.17) is 5.73 Å². The molecule has 1 rings (SSSR count). The van der Waals surface area contributed by atoms with Crippen molar-refractivity contribution in [2.75, 3.05) is 0 Å². The lowest BCUT2D eigenvalue weighted by Gasteiger charge is -1.98. The fourth-order valence-electron chi connectivity index (χ4n) is 0.826. The number of rotatable bonds is 3. The Morgan fingerprint density at radius 3 is 3.07 bits per heavy atom. The minimum Gasteiger partial charge on any atom is -0.375 e. The molecule has 0 radical (unpaired) electrons. The average molecular weight is 227 g/mol. The van der Waals surface area contributed by atoms with Crippen LogP contribution in [-0.2, 0) is 6.54 Å². The number of hydrogen-bond acceptors (Lipinski definition) is 4. The number of H-pyrrole nitrogens is 1. The maximum atomic E-state index is 11.1. The van der Waals surface area contributed by atoms with Crippen molar-refractivity contribution in [1.82, 2.24) is 15.0 Å². The predicted octanol–water partition coefficient (Wildman–Crippen LogP) is -1.64. The van der Waals surface area contributed by atoms with Crippen molar-refractivity contribution in [3.63, 3.8) is 0 Å². The number of nitrogens with zero attached hydrogens (tertiary/aromatic N) is 2. The van der Waals surface area contributed by atoms with Crippen molar-refractivity contribution in [3.8, 4) is 0 Å². The Morgan fingerprint density at radius 1 is 1.73 bits per heavy atom. The SMILES string of the molecule is NC(=S)N/N=C\Cn1ccc(=O)[nH]c1=O. The fraction of sp³-hybridized carbons (Fsp3) is 0.143. The molecule has 15 heavy (non-hydrogen) atoms. The summed E-state index contributed by atoms with van der Waals surface area (Å²) in [6.07, 6.45) is 2.77. The average Bonchev–Trinajstić information content (AvgIpc) is 2.14. The van der Waals surface area contributed by atoms with Gasteiger partial charge in [0.2, 0.25) is 0 Å². The van der Waals surface area contributed by atoms with Crippen molar-refractivity contribution in [2.45, 2.75) is 6.54 Å². The molecule has 0 bridgehead atoms. The van der Waals surface area contributed by atoms with Gasteiger partial charge in [0.15, 0.2) is 5.11 Å². The van der Waals surface area contributed by atoms with Crippen LogP contribution in [0.2, 0.25) is 0 Å². The van der Waals surface area contributed by atoms with E-state index in [9.17, 15) is 9.59 Å². The highest BCUT2D eigenvalue weighted by Crippen LogP contribution is 1.72. The van der Waals surface area contributed by atoms with Gasteiger partial charge in [0.05, 0.1) is 6.54 Å². The van der Waals surface area contributed by atoms with Crippen molar-refractivity contribution in [1.29, 1.82) is 0 Å². The van der Waals surface area contributed by atoms with Crippen LogP contribution < -0.4 is 22.4 Å². The van der Waals surface area contributed by atoms with Crippen LogP contribution in [0.4, 0.5) is 0 Å². The third-order valence-corrected chi connectivity index (χ3v) is 1.53. The summed E-state index contributed by atoms with van der Waals surface area (Å²) in [6, 6.07) is 1.25. The lowest BCUT2D eigenvalue weighted by molar-refractivity contribution is 0.761. The standard InChI is InChI=1S/C7H9N5O2S/c8-6(15)11-9-2-4-12-3-1-5(13)10-7(12)14/h1-3H,4H2,(H3,8,11,15)(H,10,13,14)/b9-2-. The van der Waals surface area contributed by atoms with Crippen LogP contribution in [0.25, 0.3) is 0 Å². The maximum absolute atomic E-state index is 11.1. The minimum absolute atomic E-state index is 0.0417. The number of thiocarbonyl (C=S) groups is 1. The second-order valence-electron chi connectivity index (χ2n) is 2.55. The Hall–Kier alpha value is -1.96. The first-order valence-electron chi connectivity index (χ1n) is 3.96. The predicted molar refractivity (Wildman–Crippen MR) is 59.7 cm³/mol. The van der Waals surface area contributed by atoms with E-state index in [1.807, 2.05) is 0 Å². The lowest BCUT2D eigenvalue weighted by Crippen LogP contribution is -2.29. The highest BCUT2D eigenvalue weighted by atomic mass is 32.1. The zero-order chi connectivity index (χ0) is 11.3. The van der Waals surface area contributed by atoms with Gasteiger partial charge in [-0.05, 0) is 12.2 Å². The summed E-state index contributed by atoms with van der Waals surface area (Å²) >= 11 is 4.51. The monoisotopic (exact) mass is 227 g/mol. The second-order valence-corrected chi connectivity index (χ2v) is 2.99. The Kier molecular flexibility index (Phi) is 3.75. The summed E-state index contributed by atoms with van der Waals surface area (Å²) in [7, 11) is 0. The normalized spacial score (nSPS) is 10.4. The number of nitrogens with one attached hydrogen (secondary N) is 2. The van der Waals surface area contributed by atoms with Crippen LogP contribution in [0.15, 0.2) is 27.0 Å². The minimum atomic E-state index is -0.496. The van der Waals surface area contributed by atoms with Crippen LogP contribution in [0.5, 0.6) is 0 Å². The van der Waals surface area contributed by atoms with Crippen LogP contribution in [-0.4, -0.2) is 20.9 Å². The molecule has 0 saturated heterocycles.